The summed E-state index contributed by atoms with van der Waals surface area (Å²) in [5, 5.41) is 0. The Labute approximate surface area is 224 Å². The quantitative estimate of drug-likeness (QED) is 0.0985. The van der Waals surface area contributed by atoms with Crippen LogP contribution in [-0.4, -0.2) is 19.2 Å². The van der Waals surface area contributed by atoms with Crippen molar-refractivity contribution in [3.63, 3.8) is 0 Å². The SMILES string of the molecule is CCCCCCOc1ccc(C(=O)Oc2ccc(OCC=CC3CCC(CCCCC)CC3)cc2)cc1. The minimum Gasteiger partial charge on any atom is -0.494 e. The fraction of sp³-hybridized carbons (Fsp3) is 0.545. The number of hydrogen-bond acceptors (Lipinski definition) is 4. The van der Waals surface area contributed by atoms with Gasteiger partial charge in [-0.1, -0.05) is 70.9 Å². The maximum atomic E-state index is 12.5. The standard InChI is InChI=1S/C33H46O4/c1-3-5-7-9-25-35-30-19-17-29(18-20-30)33(34)37-32-23-21-31(22-24-32)36-26-10-12-28-15-13-27(14-16-28)11-8-6-4-2/h10,12,17-24,27-28H,3-9,11,13-16,25-26H2,1-2H3. The van der Waals surface area contributed by atoms with Crippen molar-refractivity contribution in [2.75, 3.05) is 13.2 Å². The van der Waals surface area contributed by atoms with Crippen LogP contribution in [0.4, 0.5) is 0 Å². The molecule has 1 aliphatic rings. The summed E-state index contributed by atoms with van der Waals surface area (Å²) in [5.74, 6) is 3.30. The van der Waals surface area contributed by atoms with Crippen LogP contribution in [0.5, 0.6) is 17.2 Å². The van der Waals surface area contributed by atoms with Gasteiger partial charge in [0, 0.05) is 0 Å². The highest BCUT2D eigenvalue weighted by Gasteiger charge is 2.18. The van der Waals surface area contributed by atoms with Gasteiger partial charge in [0.2, 0.25) is 0 Å². The summed E-state index contributed by atoms with van der Waals surface area (Å²) in [6, 6.07) is 14.3. The molecule has 0 aromatic heterocycles. The predicted molar refractivity (Wildman–Crippen MR) is 152 cm³/mol. The van der Waals surface area contributed by atoms with Crippen molar-refractivity contribution in [3.05, 3.63) is 66.2 Å². The van der Waals surface area contributed by atoms with E-state index in [1.165, 1.54) is 70.6 Å². The molecule has 0 radical (unpaired) electrons. The zero-order chi connectivity index (χ0) is 26.1. The van der Waals surface area contributed by atoms with Crippen molar-refractivity contribution in [2.24, 2.45) is 11.8 Å². The Hall–Kier alpha value is -2.75. The lowest BCUT2D eigenvalue weighted by molar-refractivity contribution is 0.0734. The lowest BCUT2D eigenvalue weighted by Gasteiger charge is -2.26. The fourth-order valence-electron chi connectivity index (χ4n) is 4.92. The Morgan fingerprint density at radius 3 is 2.08 bits per heavy atom. The Kier molecular flexibility index (Phi) is 13.2. The van der Waals surface area contributed by atoms with Crippen LogP contribution in [-0.2, 0) is 0 Å². The molecule has 0 N–H and O–H groups in total. The smallest absolute Gasteiger partial charge is 0.343 e. The van der Waals surface area contributed by atoms with E-state index in [1.807, 2.05) is 24.3 Å². The summed E-state index contributed by atoms with van der Waals surface area (Å²) in [5.41, 5.74) is 0.499. The average Bonchev–Trinajstić information content (AvgIpc) is 2.93. The average molecular weight is 507 g/mol. The molecular formula is C33H46O4. The molecule has 37 heavy (non-hydrogen) atoms. The molecular weight excluding hydrogens is 460 g/mol. The molecule has 4 heteroatoms. The van der Waals surface area contributed by atoms with Crippen LogP contribution < -0.4 is 14.2 Å². The van der Waals surface area contributed by atoms with Crippen LogP contribution in [0.25, 0.3) is 0 Å². The third-order valence-electron chi connectivity index (χ3n) is 7.25. The molecule has 0 heterocycles. The molecule has 4 nitrogen and oxygen atoms in total. The second-order valence-electron chi connectivity index (χ2n) is 10.3. The largest absolute Gasteiger partial charge is 0.494 e. The number of unbranched alkanes of at least 4 members (excludes halogenated alkanes) is 5. The molecule has 1 saturated carbocycles. The summed E-state index contributed by atoms with van der Waals surface area (Å²) in [4.78, 5) is 12.5. The first-order valence-corrected chi connectivity index (χ1v) is 14.5. The van der Waals surface area contributed by atoms with Crippen molar-refractivity contribution in [1.82, 2.24) is 0 Å². The Morgan fingerprint density at radius 2 is 1.38 bits per heavy atom. The summed E-state index contributed by atoms with van der Waals surface area (Å²) in [7, 11) is 0. The van der Waals surface area contributed by atoms with Crippen molar-refractivity contribution >= 4 is 5.97 Å². The Bertz CT molecular complexity index is 908. The van der Waals surface area contributed by atoms with Gasteiger partial charge >= 0.3 is 5.97 Å². The van der Waals surface area contributed by atoms with Gasteiger partial charge in [0.1, 0.15) is 23.9 Å². The molecule has 1 fully saturated rings. The normalized spacial score (nSPS) is 17.6. The van der Waals surface area contributed by atoms with E-state index < -0.39 is 0 Å². The van der Waals surface area contributed by atoms with Crippen LogP contribution in [0.1, 0.15) is 101 Å². The van der Waals surface area contributed by atoms with Crippen molar-refractivity contribution < 1.29 is 19.0 Å². The highest BCUT2D eigenvalue weighted by Crippen LogP contribution is 2.32. The van der Waals surface area contributed by atoms with Crippen LogP contribution in [0.3, 0.4) is 0 Å². The molecule has 0 spiro atoms. The molecule has 202 valence electrons. The maximum Gasteiger partial charge on any atom is 0.343 e. The summed E-state index contributed by atoms with van der Waals surface area (Å²) >= 11 is 0. The van der Waals surface area contributed by atoms with Gasteiger partial charge in [-0.25, -0.2) is 4.79 Å². The third-order valence-corrected chi connectivity index (χ3v) is 7.25. The molecule has 0 saturated heterocycles. The summed E-state index contributed by atoms with van der Waals surface area (Å²) < 4.78 is 17.1. The van der Waals surface area contributed by atoms with Gasteiger partial charge < -0.3 is 14.2 Å². The summed E-state index contributed by atoms with van der Waals surface area (Å²) in [6.45, 7) is 5.73. The second kappa shape index (κ2) is 16.9. The molecule has 0 aliphatic heterocycles. The number of esters is 1. The lowest BCUT2D eigenvalue weighted by atomic mass is 9.79. The van der Waals surface area contributed by atoms with Gasteiger partial charge in [-0.3, -0.25) is 0 Å². The van der Waals surface area contributed by atoms with E-state index in [0.717, 1.165) is 23.8 Å². The molecule has 0 atom stereocenters. The number of ether oxygens (including phenoxy) is 3. The third kappa shape index (κ3) is 11.0. The predicted octanol–water partition coefficient (Wildman–Crippen LogP) is 9.19. The van der Waals surface area contributed by atoms with Gasteiger partial charge in [0.05, 0.1) is 12.2 Å². The molecule has 0 amide bonds. The first kappa shape index (κ1) is 28.8. The zero-order valence-corrected chi connectivity index (χ0v) is 23.0. The molecule has 0 unspecified atom stereocenters. The first-order valence-electron chi connectivity index (χ1n) is 14.5. The molecule has 0 bridgehead atoms. The van der Waals surface area contributed by atoms with E-state index in [0.29, 0.717) is 30.4 Å². The molecule has 2 aromatic rings. The zero-order valence-electron chi connectivity index (χ0n) is 23.0. The number of carbonyl (C=O) groups excluding carboxylic acids is 1. The minimum atomic E-state index is -0.383. The number of benzene rings is 2. The van der Waals surface area contributed by atoms with E-state index in [1.54, 1.807) is 24.3 Å². The highest BCUT2D eigenvalue weighted by atomic mass is 16.5. The minimum absolute atomic E-state index is 0.383. The lowest BCUT2D eigenvalue weighted by Crippen LogP contribution is -2.13. The van der Waals surface area contributed by atoms with Crippen molar-refractivity contribution in [3.8, 4) is 17.2 Å². The summed E-state index contributed by atoms with van der Waals surface area (Å²) in [6.07, 6.45) is 20.0. The van der Waals surface area contributed by atoms with Gasteiger partial charge in [-0.05, 0) is 92.5 Å². The Balaban J connectivity index is 1.33. The van der Waals surface area contributed by atoms with Crippen LogP contribution >= 0.6 is 0 Å². The number of hydrogen-bond donors (Lipinski definition) is 0. The van der Waals surface area contributed by atoms with Crippen LogP contribution in [0, 0.1) is 11.8 Å². The van der Waals surface area contributed by atoms with Crippen LogP contribution in [0.2, 0.25) is 0 Å². The van der Waals surface area contributed by atoms with Gasteiger partial charge in [0.15, 0.2) is 0 Å². The van der Waals surface area contributed by atoms with Crippen LogP contribution in [0.15, 0.2) is 60.7 Å². The van der Waals surface area contributed by atoms with E-state index in [-0.39, 0.29) is 5.97 Å². The topological polar surface area (TPSA) is 44.8 Å². The van der Waals surface area contributed by atoms with E-state index in [4.69, 9.17) is 14.2 Å². The van der Waals surface area contributed by atoms with Gasteiger partial charge in [-0.15, -0.1) is 0 Å². The number of rotatable bonds is 16. The fourth-order valence-corrected chi connectivity index (χ4v) is 4.92. The van der Waals surface area contributed by atoms with Crippen molar-refractivity contribution in [1.29, 1.82) is 0 Å². The number of allylic oxidation sites excluding steroid dienone is 1. The number of carbonyl (C=O) groups is 1. The van der Waals surface area contributed by atoms with Gasteiger partial charge in [-0.2, -0.15) is 0 Å². The van der Waals surface area contributed by atoms with Crippen molar-refractivity contribution in [2.45, 2.75) is 90.9 Å². The first-order chi connectivity index (χ1) is 18.2. The monoisotopic (exact) mass is 506 g/mol. The van der Waals surface area contributed by atoms with E-state index in [2.05, 4.69) is 26.0 Å². The molecule has 3 rings (SSSR count). The highest BCUT2D eigenvalue weighted by molar-refractivity contribution is 5.91. The van der Waals surface area contributed by atoms with E-state index >= 15 is 0 Å². The molecule has 2 aromatic carbocycles. The maximum absolute atomic E-state index is 12.5. The Morgan fingerprint density at radius 1 is 0.757 bits per heavy atom. The van der Waals surface area contributed by atoms with Gasteiger partial charge in [0.25, 0.3) is 0 Å². The molecule has 1 aliphatic carbocycles. The second-order valence-corrected chi connectivity index (χ2v) is 10.3. The van der Waals surface area contributed by atoms with E-state index in [9.17, 15) is 4.79 Å².